The van der Waals surface area contributed by atoms with Gasteiger partial charge in [0.05, 0.1) is 24.5 Å². The van der Waals surface area contributed by atoms with Crippen LogP contribution >= 0.6 is 0 Å². The molecule has 0 saturated heterocycles. The normalized spacial score (nSPS) is 20.5. The fourth-order valence-corrected chi connectivity index (χ4v) is 4.65. The van der Waals surface area contributed by atoms with Gasteiger partial charge in [-0.1, -0.05) is 26.0 Å². The molecule has 5 nitrogen and oxygen atoms in total. The number of aromatic amines is 1. The summed E-state index contributed by atoms with van der Waals surface area (Å²) < 4.78 is 5.33. The average Bonchev–Trinajstić information content (AvgIpc) is 3.14. The van der Waals surface area contributed by atoms with Gasteiger partial charge in [0.15, 0.2) is 5.78 Å². The molecular formula is C23H23N3O2. The number of nitrogens with zero attached hydrogens (tertiary/aromatic N) is 1. The monoisotopic (exact) mass is 373 g/mol. The Kier molecular flexibility index (Phi) is 3.63. The average molecular weight is 373 g/mol. The zero-order chi connectivity index (χ0) is 19.5. The largest absolute Gasteiger partial charge is 0.497 e. The molecule has 2 aliphatic rings. The lowest BCUT2D eigenvalue weighted by molar-refractivity contribution is -0.118. The number of hydrogen-bond acceptors (Lipinski definition) is 4. The van der Waals surface area contributed by atoms with Crippen LogP contribution in [0.5, 0.6) is 5.75 Å². The van der Waals surface area contributed by atoms with Crippen LogP contribution in [0.4, 0.5) is 5.69 Å². The van der Waals surface area contributed by atoms with E-state index in [1.165, 1.54) is 0 Å². The van der Waals surface area contributed by atoms with Crippen molar-refractivity contribution in [2.24, 2.45) is 5.41 Å². The Morgan fingerprint density at radius 1 is 1.11 bits per heavy atom. The number of ether oxygens (including phenoxy) is 1. The molecule has 1 aliphatic carbocycles. The smallest absolute Gasteiger partial charge is 0.162 e. The Labute approximate surface area is 163 Å². The van der Waals surface area contributed by atoms with Crippen LogP contribution in [-0.2, 0) is 4.79 Å². The molecule has 0 bridgehead atoms. The number of methoxy groups -OCH3 is 1. The maximum absolute atomic E-state index is 13.3. The summed E-state index contributed by atoms with van der Waals surface area (Å²) in [6.07, 6.45) is 3.14. The maximum Gasteiger partial charge on any atom is 0.162 e. The van der Waals surface area contributed by atoms with Crippen molar-refractivity contribution in [2.45, 2.75) is 32.6 Å². The van der Waals surface area contributed by atoms with E-state index in [9.17, 15) is 4.79 Å². The summed E-state index contributed by atoms with van der Waals surface area (Å²) in [5, 5.41) is 3.57. The number of carbonyl (C=O) groups excluding carboxylic acids is 1. The molecule has 5 heteroatoms. The molecule has 142 valence electrons. The van der Waals surface area contributed by atoms with Gasteiger partial charge in [0.1, 0.15) is 5.75 Å². The molecule has 2 aromatic carbocycles. The lowest BCUT2D eigenvalue weighted by Crippen LogP contribution is -2.33. The number of benzene rings is 2. The number of rotatable bonds is 2. The van der Waals surface area contributed by atoms with Gasteiger partial charge in [0.25, 0.3) is 0 Å². The van der Waals surface area contributed by atoms with Crippen molar-refractivity contribution < 1.29 is 9.53 Å². The van der Waals surface area contributed by atoms with Crippen molar-refractivity contribution >= 4 is 22.5 Å². The molecule has 1 atom stereocenters. The van der Waals surface area contributed by atoms with E-state index in [2.05, 4.69) is 47.3 Å². The van der Waals surface area contributed by atoms with Gasteiger partial charge in [-0.05, 0) is 41.7 Å². The zero-order valence-corrected chi connectivity index (χ0v) is 16.3. The molecule has 5 rings (SSSR count). The van der Waals surface area contributed by atoms with Crippen LogP contribution in [0.15, 0.2) is 54.0 Å². The van der Waals surface area contributed by atoms with E-state index >= 15 is 0 Å². The van der Waals surface area contributed by atoms with Crippen LogP contribution in [-0.4, -0.2) is 22.9 Å². The summed E-state index contributed by atoms with van der Waals surface area (Å²) in [7, 11) is 1.66. The van der Waals surface area contributed by atoms with E-state index in [4.69, 9.17) is 4.74 Å². The van der Waals surface area contributed by atoms with E-state index in [0.717, 1.165) is 51.3 Å². The summed E-state index contributed by atoms with van der Waals surface area (Å²) in [6, 6.07) is 12.2. The topological polar surface area (TPSA) is 67.0 Å². The number of H-pyrrole nitrogens is 1. The minimum absolute atomic E-state index is 0.0404. The number of imidazole rings is 1. The Morgan fingerprint density at radius 2 is 1.89 bits per heavy atom. The molecule has 3 aromatic rings. The number of Topliss-reactive ketones (excluding diaryl/α,β-unsaturated/α-hetero) is 1. The second kappa shape index (κ2) is 5.96. The summed E-state index contributed by atoms with van der Waals surface area (Å²) in [5.41, 5.74) is 6.96. The number of carbonyl (C=O) groups is 1. The number of anilines is 1. The number of aromatic nitrogens is 2. The first-order valence-corrected chi connectivity index (χ1v) is 9.60. The van der Waals surface area contributed by atoms with Gasteiger partial charge >= 0.3 is 0 Å². The summed E-state index contributed by atoms with van der Waals surface area (Å²) in [6.45, 7) is 4.32. The van der Waals surface area contributed by atoms with Gasteiger partial charge in [-0.3, -0.25) is 4.79 Å². The number of nitrogens with one attached hydrogen (secondary N) is 2. The first-order valence-electron chi connectivity index (χ1n) is 9.60. The molecule has 0 radical (unpaired) electrons. The molecule has 0 saturated carbocycles. The molecule has 1 unspecified atom stereocenters. The van der Waals surface area contributed by atoms with Crippen LogP contribution in [0.25, 0.3) is 11.0 Å². The van der Waals surface area contributed by atoms with E-state index in [-0.39, 0.29) is 17.1 Å². The van der Waals surface area contributed by atoms with E-state index in [1.807, 2.05) is 18.2 Å². The fourth-order valence-electron chi connectivity index (χ4n) is 4.65. The van der Waals surface area contributed by atoms with Crippen LogP contribution < -0.4 is 10.1 Å². The molecule has 1 aliphatic heterocycles. The lowest BCUT2D eigenvalue weighted by Gasteiger charge is -2.39. The predicted molar refractivity (Wildman–Crippen MR) is 110 cm³/mol. The van der Waals surface area contributed by atoms with Gasteiger partial charge in [-0.15, -0.1) is 0 Å². The summed E-state index contributed by atoms with van der Waals surface area (Å²) in [5.74, 6) is 0.895. The summed E-state index contributed by atoms with van der Waals surface area (Å²) >= 11 is 0. The second-order valence-electron chi connectivity index (χ2n) is 8.49. The van der Waals surface area contributed by atoms with Crippen LogP contribution in [0.1, 0.15) is 43.7 Å². The summed E-state index contributed by atoms with van der Waals surface area (Å²) in [4.78, 5) is 21.1. The zero-order valence-electron chi connectivity index (χ0n) is 16.3. The Bertz CT molecular complexity index is 1120. The SMILES string of the molecule is COc1ccc(C2C3=C(CC(C)(C)CC3=O)Nc3ccc4[nH]cnc4c32)cc1. The molecular weight excluding hydrogens is 350 g/mol. The second-order valence-corrected chi connectivity index (χ2v) is 8.49. The lowest BCUT2D eigenvalue weighted by atomic mass is 9.68. The number of allylic oxidation sites excluding steroid dienone is 2. The number of ketones is 1. The Morgan fingerprint density at radius 3 is 2.64 bits per heavy atom. The third kappa shape index (κ3) is 2.53. The van der Waals surface area contributed by atoms with E-state index < -0.39 is 0 Å². The molecule has 2 N–H and O–H groups in total. The first-order chi connectivity index (χ1) is 13.5. The minimum Gasteiger partial charge on any atom is -0.497 e. The van der Waals surface area contributed by atoms with Gasteiger partial charge in [0.2, 0.25) is 0 Å². The van der Waals surface area contributed by atoms with E-state index in [0.29, 0.717) is 6.42 Å². The number of hydrogen-bond donors (Lipinski definition) is 2. The van der Waals surface area contributed by atoms with Gasteiger partial charge in [0, 0.05) is 34.9 Å². The van der Waals surface area contributed by atoms with Crippen molar-refractivity contribution in [3.63, 3.8) is 0 Å². The highest BCUT2D eigenvalue weighted by atomic mass is 16.5. The molecule has 2 heterocycles. The highest BCUT2D eigenvalue weighted by molar-refractivity contribution is 6.03. The fraction of sp³-hybridized carbons (Fsp3) is 0.304. The van der Waals surface area contributed by atoms with E-state index in [1.54, 1.807) is 13.4 Å². The first kappa shape index (κ1) is 17.0. The molecule has 0 fully saturated rings. The van der Waals surface area contributed by atoms with Crippen molar-refractivity contribution in [1.82, 2.24) is 9.97 Å². The third-order valence-corrected chi connectivity index (χ3v) is 5.86. The highest BCUT2D eigenvalue weighted by Crippen LogP contribution is 2.50. The molecule has 1 aromatic heterocycles. The van der Waals surface area contributed by atoms with Crippen LogP contribution in [0.2, 0.25) is 0 Å². The molecule has 28 heavy (non-hydrogen) atoms. The minimum atomic E-state index is -0.132. The standard InChI is InChI=1S/C23H23N3O2/c1-23(2)10-17-20(18(27)11-23)19(13-4-6-14(28-3)7-5-13)21-15(26-17)8-9-16-22(21)25-12-24-16/h4-9,12,19,26H,10-11H2,1-3H3,(H,24,25). The Balaban J connectivity index is 1.77. The van der Waals surface area contributed by atoms with Crippen molar-refractivity contribution in [1.29, 1.82) is 0 Å². The quantitative estimate of drug-likeness (QED) is 0.679. The predicted octanol–water partition coefficient (Wildman–Crippen LogP) is 4.77. The van der Waals surface area contributed by atoms with Crippen molar-refractivity contribution in [2.75, 3.05) is 12.4 Å². The molecule has 0 amide bonds. The highest BCUT2D eigenvalue weighted by Gasteiger charge is 2.41. The van der Waals surface area contributed by atoms with Gasteiger partial charge in [-0.2, -0.15) is 0 Å². The van der Waals surface area contributed by atoms with Crippen molar-refractivity contribution in [3.05, 3.63) is 65.1 Å². The van der Waals surface area contributed by atoms with Crippen LogP contribution in [0.3, 0.4) is 0 Å². The Hall–Kier alpha value is -3.08. The van der Waals surface area contributed by atoms with Gasteiger partial charge in [-0.25, -0.2) is 4.98 Å². The third-order valence-electron chi connectivity index (χ3n) is 5.86. The van der Waals surface area contributed by atoms with Gasteiger partial charge < -0.3 is 15.0 Å². The maximum atomic E-state index is 13.3. The number of fused-ring (bicyclic) bond motifs is 3. The van der Waals surface area contributed by atoms with Crippen molar-refractivity contribution in [3.8, 4) is 5.75 Å². The molecule has 0 spiro atoms. The van der Waals surface area contributed by atoms with Crippen LogP contribution in [0, 0.1) is 5.41 Å².